The SMILES string of the molecule is O=S1(=O)CC[C@@H]2CNCCN21. The fraction of sp³-hybridized carbons (Fsp3) is 1.00. The maximum Gasteiger partial charge on any atom is 0.214 e. The lowest BCUT2D eigenvalue weighted by Gasteiger charge is -2.28. The van der Waals surface area contributed by atoms with Gasteiger partial charge in [-0.2, -0.15) is 4.31 Å². The Balaban J connectivity index is 2.23. The molecule has 0 radical (unpaired) electrons. The molecule has 0 saturated carbocycles. The molecule has 1 atom stereocenters. The van der Waals surface area contributed by atoms with E-state index >= 15 is 0 Å². The number of nitrogens with one attached hydrogen (secondary N) is 1. The van der Waals surface area contributed by atoms with Gasteiger partial charge in [0, 0.05) is 25.7 Å². The number of sulfonamides is 1. The van der Waals surface area contributed by atoms with Crippen molar-refractivity contribution in [1.29, 1.82) is 0 Å². The van der Waals surface area contributed by atoms with Crippen LogP contribution in [0, 0.1) is 0 Å². The molecule has 0 spiro atoms. The lowest BCUT2D eigenvalue weighted by molar-refractivity contribution is 0.287. The molecule has 2 heterocycles. The first-order valence-corrected chi connectivity index (χ1v) is 5.51. The van der Waals surface area contributed by atoms with Crippen LogP contribution in [0.3, 0.4) is 0 Å². The fourth-order valence-electron chi connectivity index (χ4n) is 1.76. The molecule has 0 aromatic rings. The number of hydrogen-bond acceptors (Lipinski definition) is 3. The Hall–Kier alpha value is -0.130. The summed E-state index contributed by atoms with van der Waals surface area (Å²) in [4.78, 5) is 0. The van der Waals surface area contributed by atoms with Crippen LogP contribution in [-0.2, 0) is 10.0 Å². The van der Waals surface area contributed by atoms with Crippen LogP contribution < -0.4 is 5.32 Å². The van der Waals surface area contributed by atoms with Crippen LogP contribution in [-0.4, -0.2) is 44.2 Å². The van der Waals surface area contributed by atoms with Crippen LogP contribution in [0.2, 0.25) is 0 Å². The zero-order valence-corrected chi connectivity index (χ0v) is 7.10. The smallest absolute Gasteiger partial charge is 0.214 e. The quantitative estimate of drug-likeness (QED) is 0.514. The molecule has 0 aromatic heterocycles. The molecule has 4 nitrogen and oxygen atoms in total. The van der Waals surface area contributed by atoms with Gasteiger partial charge in [-0.1, -0.05) is 0 Å². The van der Waals surface area contributed by atoms with Gasteiger partial charge in [-0.25, -0.2) is 8.42 Å². The van der Waals surface area contributed by atoms with Crippen molar-refractivity contribution in [2.75, 3.05) is 25.4 Å². The summed E-state index contributed by atoms with van der Waals surface area (Å²) in [5.74, 6) is 0.347. The molecule has 0 aliphatic carbocycles. The van der Waals surface area contributed by atoms with Crippen LogP contribution >= 0.6 is 0 Å². The maximum atomic E-state index is 11.3. The molecule has 1 N–H and O–H groups in total. The van der Waals surface area contributed by atoms with E-state index in [-0.39, 0.29) is 6.04 Å². The van der Waals surface area contributed by atoms with Crippen molar-refractivity contribution in [3.63, 3.8) is 0 Å². The Morgan fingerprint density at radius 2 is 2.27 bits per heavy atom. The molecule has 2 rings (SSSR count). The summed E-state index contributed by atoms with van der Waals surface area (Å²) in [5.41, 5.74) is 0. The van der Waals surface area contributed by atoms with Gasteiger partial charge in [-0.3, -0.25) is 0 Å². The Bertz CT molecular complexity index is 249. The van der Waals surface area contributed by atoms with E-state index in [4.69, 9.17) is 0 Å². The van der Waals surface area contributed by atoms with Gasteiger partial charge < -0.3 is 5.32 Å². The minimum Gasteiger partial charge on any atom is -0.314 e. The van der Waals surface area contributed by atoms with E-state index in [1.807, 2.05) is 0 Å². The zero-order chi connectivity index (χ0) is 7.90. The molecule has 0 aromatic carbocycles. The summed E-state index contributed by atoms with van der Waals surface area (Å²) in [6, 6.07) is 0.244. The van der Waals surface area contributed by atoms with Crippen LogP contribution in [0.4, 0.5) is 0 Å². The van der Waals surface area contributed by atoms with Gasteiger partial charge in [0.1, 0.15) is 0 Å². The van der Waals surface area contributed by atoms with Gasteiger partial charge in [0.15, 0.2) is 0 Å². The van der Waals surface area contributed by atoms with Crippen LogP contribution in [0.5, 0.6) is 0 Å². The lowest BCUT2D eigenvalue weighted by atomic mass is 10.2. The molecular weight excluding hydrogens is 164 g/mol. The standard InChI is InChI=1S/C6H12N2O2S/c9-11(10)4-1-6-5-7-2-3-8(6)11/h6-7H,1-5H2/t6-/m1/s1. The molecule has 2 aliphatic rings. The molecule has 0 bridgehead atoms. The molecule has 2 fully saturated rings. The first-order valence-electron chi connectivity index (χ1n) is 3.90. The van der Waals surface area contributed by atoms with E-state index < -0.39 is 10.0 Å². The van der Waals surface area contributed by atoms with Crippen molar-refractivity contribution >= 4 is 10.0 Å². The van der Waals surface area contributed by atoms with Crippen molar-refractivity contribution in [1.82, 2.24) is 9.62 Å². The number of piperazine rings is 1. The highest BCUT2D eigenvalue weighted by Crippen LogP contribution is 2.21. The van der Waals surface area contributed by atoms with E-state index in [0.717, 1.165) is 19.5 Å². The van der Waals surface area contributed by atoms with E-state index in [9.17, 15) is 8.42 Å². The first kappa shape index (κ1) is 7.52. The van der Waals surface area contributed by atoms with Crippen molar-refractivity contribution in [2.24, 2.45) is 0 Å². The van der Waals surface area contributed by atoms with Crippen molar-refractivity contribution in [3.05, 3.63) is 0 Å². The van der Waals surface area contributed by atoms with Gasteiger partial charge in [-0.05, 0) is 6.42 Å². The van der Waals surface area contributed by atoms with Gasteiger partial charge >= 0.3 is 0 Å². The highest BCUT2D eigenvalue weighted by molar-refractivity contribution is 7.89. The third-order valence-corrected chi connectivity index (χ3v) is 4.31. The number of fused-ring (bicyclic) bond motifs is 1. The molecule has 2 saturated heterocycles. The van der Waals surface area contributed by atoms with Crippen LogP contribution in [0.25, 0.3) is 0 Å². The fourth-order valence-corrected chi connectivity index (χ4v) is 3.56. The normalized spacial score (nSPS) is 36.9. The number of hydrogen-bond donors (Lipinski definition) is 1. The molecule has 11 heavy (non-hydrogen) atoms. The third-order valence-electron chi connectivity index (χ3n) is 2.36. The second kappa shape index (κ2) is 2.43. The van der Waals surface area contributed by atoms with Crippen molar-refractivity contribution < 1.29 is 8.42 Å². The highest BCUT2D eigenvalue weighted by atomic mass is 32.2. The van der Waals surface area contributed by atoms with Gasteiger partial charge in [0.2, 0.25) is 10.0 Å². The van der Waals surface area contributed by atoms with Crippen LogP contribution in [0.1, 0.15) is 6.42 Å². The Labute approximate surface area is 66.6 Å². The maximum absolute atomic E-state index is 11.3. The second-order valence-electron chi connectivity index (χ2n) is 3.07. The summed E-state index contributed by atoms with van der Waals surface area (Å²) < 4.78 is 24.2. The minimum absolute atomic E-state index is 0.244. The lowest BCUT2D eigenvalue weighted by Crippen LogP contribution is -2.49. The molecule has 0 amide bonds. The predicted molar refractivity (Wildman–Crippen MR) is 41.8 cm³/mol. The summed E-state index contributed by atoms with van der Waals surface area (Å²) in [6.07, 6.45) is 0.801. The summed E-state index contributed by atoms with van der Waals surface area (Å²) in [5, 5.41) is 3.19. The summed E-state index contributed by atoms with van der Waals surface area (Å²) >= 11 is 0. The minimum atomic E-state index is -2.85. The van der Waals surface area contributed by atoms with Crippen molar-refractivity contribution in [3.8, 4) is 0 Å². The average molecular weight is 176 g/mol. The summed E-state index contributed by atoms with van der Waals surface area (Å²) in [7, 11) is -2.85. The van der Waals surface area contributed by atoms with Gasteiger partial charge in [-0.15, -0.1) is 0 Å². The average Bonchev–Trinajstić information content (AvgIpc) is 2.29. The van der Waals surface area contributed by atoms with Crippen molar-refractivity contribution in [2.45, 2.75) is 12.5 Å². The van der Waals surface area contributed by atoms with E-state index in [1.54, 1.807) is 4.31 Å². The monoisotopic (exact) mass is 176 g/mol. The summed E-state index contributed by atoms with van der Waals surface area (Å²) in [6.45, 7) is 2.29. The van der Waals surface area contributed by atoms with E-state index in [0.29, 0.717) is 12.3 Å². The molecule has 64 valence electrons. The molecule has 0 unspecified atom stereocenters. The topological polar surface area (TPSA) is 49.4 Å². The largest absolute Gasteiger partial charge is 0.314 e. The predicted octanol–water partition coefficient (Wildman–Crippen LogP) is -1.01. The molecule has 2 aliphatic heterocycles. The van der Waals surface area contributed by atoms with Gasteiger partial charge in [0.05, 0.1) is 5.75 Å². The number of nitrogens with zero attached hydrogens (tertiary/aromatic N) is 1. The first-order chi connectivity index (χ1) is 5.20. The molecule has 5 heteroatoms. The van der Waals surface area contributed by atoms with E-state index in [1.165, 1.54) is 0 Å². The highest BCUT2D eigenvalue weighted by Gasteiger charge is 2.38. The Kier molecular flexibility index (Phi) is 1.66. The molecular formula is C6H12N2O2S. The third kappa shape index (κ3) is 1.17. The Morgan fingerprint density at radius 3 is 3.00 bits per heavy atom. The van der Waals surface area contributed by atoms with Gasteiger partial charge in [0.25, 0.3) is 0 Å². The van der Waals surface area contributed by atoms with E-state index in [2.05, 4.69) is 5.32 Å². The zero-order valence-electron chi connectivity index (χ0n) is 6.28. The Morgan fingerprint density at radius 1 is 1.45 bits per heavy atom. The second-order valence-corrected chi connectivity index (χ2v) is 5.11. The number of rotatable bonds is 0. The van der Waals surface area contributed by atoms with Crippen LogP contribution in [0.15, 0.2) is 0 Å².